The quantitative estimate of drug-likeness (QED) is 0.523. The van der Waals surface area contributed by atoms with Gasteiger partial charge in [-0.3, -0.25) is 9.88 Å². The van der Waals surface area contributed by atoms with Gasteiger partial charge in [0, 0.05) is 6.66 Å². The molecule has 1 N–H and O–H groups in total. The van der Waals surface area contributed by atoms with Crippen molar-refractivity contribution in [3.05, 3.63) is 66.3 Å². The van der Waals surface area contributed by atoms with Gasteiger partial charge >= 0.3 is 5.97 Å². The number of rotatable bonds is 7. The van der Waals surface area contributed by atoms with Crippen LogP contribution < -0.4 is 9.61 Å². The van der Waals surface area contributed by atoms with Crippen molar-refractivity contribution in [2.45, 2.75) is 27.2 Å². The summed E-state index contributed by atoms with van der Waals surface area (Å²) in [7, 11) is -0.909. The Morgan fingerprint density at radius 2 is 1.88 bits per heavy atom. The average molecular weight is 375 g/mol. The standard InChI is InChI=1S/C17H20NO3P.C4H10/c1-22(21-16-11-7-4-8-12-16)18-13-17(19)20-14-15-9-5-2-3-6-10-15;1-4(2)3/h2,4-12,18H,3,13-14H2,1H3;4H,1-3H3. The largest absolute Gasteiger partial charge is 0.460 e. The molecule has 1 aliphatic carbocycles. The number of esters is 1. The molecule has 1 atom stereocenters. The van der Waals surface area contributed by atoms with Crippen LogP contribution in [0.2, 0.25) is 0 Å². The molecular weight excluding hydrogens is 345 g/mol. The minimum atomic E-state index is -0.909. The fourth-order valence-corrected chi connectivity index (χ4v) is 2.64. The van der Waals surface area contributed by atoms with Crippen LogP contribution in [-0.2, 0) is 9.53 Å². The third-order valence-corrected chi connectivity index (χ3v) is 3.97. The average Bonchev–Trinajstić information content (AvgIpc) is 2.87. The molecule has 1 aromatic carbocycles. The maximum atomic E-state index is 11.7. The zero-order valence-corrected chi connectivity index (χ0v) is 17.0. The van der Waals surface area contributed by atoms with Crippen LogP contribution in [0.1, 0.15) is 27.2 Å². The molecule has 0 saturated heterocycles. The van der Waals surface area contributed by atoms with Crippen molar-refractivity contribution in [3.8, 4) is 5.75 Å². The van der Waals surface area contributed by atoms with Gasteiger partial charge in [-0.2, -0.15) is 0 Å². The molecular formula is C21H30NO3P. The molecule has 0 spiro atoms. The Morgan fingerprint density at radius 1 is 1.19 bits per heavy atom. The number of ether oxygens (including phenoxy) is 1. The predicted octanol–water partition coefficient (Wildman–Crippen LogP) is 5.24. The first kappa shape index (κ1) is 22.1. The maximum absolute atomic E-state index is 11.7. The summed E-state index contributed by atoms with van der Waals surface area (Å²) in [5, 5.41) is 3.05. The second-order valence-electron chi connectivity index (χ2n) is 6.44. The van der Waals surface area contributed by atoms with E-state index in [1.807, 2.05) is 61.3 Å². The third kappa shape index (κ3) is 11.6. The molecule has 0 saturated carbocycles. The van der Waals surface area contributed by atoms with E-state index in [-0.39, 0.29) is 12.5 Å². The second kappa shape index (κ2) is 13.3. The molecule has 1 aromatic rings. The topological polar surface area (TPSA) is 47.6 Å². The van der Waals surface area contributed by atoms with Gasteiger partial charge in [-0.15, -0.1) is 0 Å². The highest BCUT2D eigenvalue weighted by Crippen LogP contribution is 2.29. The Morgan fingerprint density at radius 3 is 2.58 bits per heavy atom. The van der Waals surface area contributed by atoms with Gasteiger partial charge in [-0.1, -0.05) is 69.4 Å². The van der Waals surface area contributed by atoms with Crippen LogP contribution in [-0.4, -0.2) is 25.8 Å². The van der Waals surface area contributed by atoms with Gasteiger partial charge in [0.05, 0.1) is 0 Å². The molecule has 1 aliphatic rings. The summed E-state index contributed by atoms with van der Waals surface area (Å²) < 4.78 is 10.9. The Hall–Kier alpha value is -1.90. The van der Waals surface area contributed by atoms with Gasteiger partial charge < -0.3 is 9.26 Å². The minimum Gasteiger partial charge on any atom is -0.460 e. The minimum absolute atomic E-state index is 0.141. The molecule has 0 fully saturated rings. The molecule has 0 bridgehead atoms. The number of hydrogen-bond acceptors (Lipinski definition) is 4. The molecule has 0 radical (unpaired) electrons. The fourth-order valence-electron chi connectivity index (χ4n) is 1.78. The lowest BCUT2D eigenvalue weighted by Crippen LogP contribution is -2.22. The summed E-state index contributed by atoms with van der Waals surface area (Å²) in [6.45, 7) is 8.85. The second-order valence-corrected chi connectivity index (χ2v) is 7.93. The van der Waals surface area contributed by atoms with Crippen molar-refractivity contribution in [1.29, 1.82) is 0 Å². The lowest BCUT2D eigenvalue weighted by molar-refractivity contribution is -0.141. The molecule has 142 valence electrons. The predicted molar refractivity (Wildman–Crippen MR) is 110 cm³/mol. The first-order valence-electron chi connectivity index (χ1n) is 8.85. The molecule has 26 heavy (non-hydrogen) atoms. The zero-order chi connectivity index (χ0) is 19.2. The van der Waals surface area contributed by atoms with E-state index >= 15 is 0 Å². The number of carbonyl (C=O) groups excluding carboxylic acids is 1. The number of nitrogens with one attached hydrogen (secondary N) is 1. The van der Waals surface area contributed by atoms with Crippen LogP contribution in [0.15, 0.2) is 66.3 Å². The summed E-state index contributed by atoms with van der Waals surface area (Å²) in [6.07, 6.45) is 10.9. The van der Waals surface area contributed by atoms with Crippen LogP contribution >= 0.6 is 8.30 Å². The van der Waals surface area contributed by atoms with Gasteiger partial charge in [0.15, 0.2) is 8.30 Å². The van der Waals surface area contributed by atoms with Crippen LogP contribution in [0, 0.1) is 5.92 Å². The summed E-state index contributed by atoms with van der Waals surface area (Å²) in [5.41, 5.74) is 0.987. The summed E-state index contributed by atoms with van der Waals surface area (Å²) in [5.74, 6) is 1.34. The molecule has 2 rings (SSSR count). The highest BCUT2D eigenvalue weighted by atomic mass is 31.2. The van der Waals surface area contributed by atoms with E-state index in [4.69, 9.17) is 9.26 Å². The first-order chi connectivity index (χ1) is 12.5. The molecule has 0 aromatic heterocycles. The molecule has 0 amide bonds. The van der Waals surface area contributed by atoms with Crippen LogP contribution in [0.4, 0.5) is 0 Å². The van der Waals surface area contributed by atoms with Gasteiger partial charge in [0.2, 0.25) is 0 Å². The normalized spacial score (nSPS) is 14.0. The fraction of sp³-hybridized carbons (Fsp3) is 0.381. The van der Waals surface area contributed by atoms with E-state index in [9.17, 15) is 4.79 Å². The molecule has 4 nitrogen and oxygen atoms in total. The van der Waals surface area contributed by atoms with Crippen molar-refractivity contribution in [3.63, 3.8) is 0 Å². The number of hydrogen-bond donors (Lipinski definition) is 1. The molecule has 0 heterocycles. The van der Waals surface area contributed by atoms with Crippen molar-refractivity contribution in [2.75, 3.05) is 19.8 Å². The smallest absolute Gasteiger partial charge is 0.320 e. The highest BCUT2D eigenvalue weighted by molar-refractivity contribution is 7.49. The summed E-state index contributed by atoms with van der Waals surface area (Å²) in [6, 6.07) is 9.53. The third-order valence-electron chi connectivity index (χ3n) is 2.88. The van der Waals surface area contributed by atoms with E-state index in [2.05, 4.69) is 31.9 Å². The van der Waals surface area contributed by atoms with Gasteiger partial charge in [-0.25, -0.2) is 0 Å². The first-order valence-corrected chi connectivity index (χ1v) is 10.6. The van der Waals surface area contributed by atoms with Crippen molar-refractivity contribution >= 4 is 14.3 Å². The van der Waals surface area contributed by atoms with Crippen molar-refractivity contribution in [2.24, 2.45) is 5.92 Å². The Bertz CT molecular complexity index is 606. The Kier molecular flexibility index (Phi) is 11.3. The van der Waals surface area contributed by atoms with Crippen LogP contribution in [0.25, 0.3) is 0 Å². The van der Waals surface area contributed by atoms with Crippen LogP contribution in [0.3, 0.4) is 0 Å². The number of allylic oxidation sites excluding steroid dienone is 4. The van der Waals surface area contributed by atoms with E-state index < -0.39 is 8.30 Å². The maximum Gasteiger partial charge on any atom is 0.320 e. The number of benzene rings is 1. The van der Waals surface area contributed by atoms with Crippen molar-refractivity contribution < 1.29 is 14.1 Å². The monoisotopic (exact) mass is 375 g/mol. The summed E-state index contributed by atoms with van der Waals surface area (Å²) >= 11 is 0. The summed E-state index contributed by atoms with van der Waals surface area (Å²) in [4.78, 5) is 11.7. The Balaban J connectivity index is 0.000000765. The van der Waals surface area contributed by atoms with Gasteiger partial charge in [0.1, 0.15) is 18.9 Å². The van der Waals surface area contributed by atoms with E-state index in [0.717, 1.165) is 23.7 Å². The van der Waals surface area contributed by atoms with E-state index in [1.54, 1.807) is 0 Å². The lowest BCUT2D eigenvalue weighted by Gasteiger charge is -2.14. The number of para-hydroxylation sites is 1. The highest BCUT2D eigenvalue weighted by Gasteiger charge is 2.09. The lowest BCUT2D eigenvalue weighted by atomic mass is 10.2. The van der Waals surface area contributed by atoms with Gasteiger partial charge in [-0.05, 0) is 30.0 Å². The van der Waals surface area contributed by atoms with Gasteiger partial charge in [0.25, 0.3) is 0 Å². The number of carbonyl (C=O) groups is 1. The molecule has 5 heteroatoms. The molecule has 0 aliphatic heterocycles. The SMILES string of the molecule is CC(C)C.CP(NCC(=O)OCC1=CC=CCC=C1)Oc1ccccc1. The molecule has 1 unspecified atom stereocenters. The Labute approximate surface area is 158 Å². The van der Waals surface area contributed by atoms with Crippen molar-refractivity contribution in [1.82, 2.24) is 5.09 Å². The van der Waals surface area contributed by atoms with Crippen LogP contribution in [0.5, 0.6) is 5.75 Å². The zero-order valence-electron chi connectivity index (χ0n) is 16.1. The van der Waals surface area contributed by atoms with E-state index in [1.165, 1.54) is 0 Å². The van der Waals surface area contributed by atoms with E-state index in [0.29, 0.717) is 6.61 Å².